The molecule has 100 valence electrons. The summed E-state index contributed by atoms with van der Waals surface area (Å²) in [6.07, 6.45) is 0. The molecule has 1 unspecified atom stereocenters. The van der Waals surface area contributed by atoms with Gasteiger partial charge in [0.15, 0.2) is 0 Å². The fraction of sp³-hybridized carbons (Fsp3) is 0.250. The second-order valence-corrected chi connectivity index (χ2v) is 4.54. The Morgan fingerprint density at radius 2 is 1.79 bits per heavy atom. The fourth-order valence-electron chi connectivity index (χ4n) is 2.00. The molecule has 0 spiro atoms. The number of hydrogen-bond acceptors (Lipinski definition) is 2. The molecule has 1 N–H and O–H groups in total. The van der Waals surface area contributed by atoms with Crippen molar-refractivity contribution in [3.05, 3.63) is 65.5 Å². The van der Waals surface area contributed by atoms with Gasteiger partial charge in [-0.3, -0.25) is 0 Å². The first-order valence-corrected chi connectivity index (χ1v) is 6.26. The van der Waals surface area contributed by atoms with Gasteiger partial charge in [-0.2, -0.15) is 0 Å². The van der Waals surface area contributed by atoms with Gasteiger partial charge in [0.05, 0.1) is 6.61 Å². The van der Waals surface area contributed by atoms with E-state index in [1.54, 1.807) is 43.3 Å². The van der Waals surface area contributed by atoms with E-state index >= 15 is 0 Å². The van der Waals surface area contributed by atoms with Crippen LogP contribution < -0.4 is 4.74 Å². The van der Waals surface area contributed by atoms with Gasteiger partial charge in [0.1, 0.15) is 17.2 Å². The van der Waals surface area contributed by atoms with Gasteiger partial charge in [0, 0.05) is 0 Å². The maximum absolute atomic E-state index is 13.2. The van der Waals surface area contributed by atoms with Gasteiger partial charge in [0.2, 0.25) is 0 Å². The average molecular weight is 260 g/mol. The largest absolute Gasteiger partial charge is 0.494 e. The zero-order chi connectivity index (χ0) is 13.9. The third-order valence-corrected chi connectivity index (χ3v) is 3.11. The second-order valence-electron chi connectivity index (χ2n) is 4.54. The molecule has 0 aliphatic carbocycles. The van der Waals surface area contributed by atoms with Crippen LogP contribution in [0, 0.1) is 5.82 Å². The highest BCUT2D eigenvalue weighted by molar-refractivity contribution is 5.38. The lowest BCUT2D eigenvalue weighted by molar-refractivity contribution is 0.102. The van der Waals surface area contributed by atoms with Crippen LogP contribution in [-0.4, -0.2) is 11.7 Å². The van der Waals surface area contributed by atoms with Crippen molar-refractivity contribution in [2.45, 2.75) is 19.4 Å². The molecule has 19 heavy (non-hydrogen) atoms. The molecule has 0 bridgehead atoms. The highest BCUT2D eigenvalue weighted by Gasteiger charge is 2.25. The topological polar surface area (TPSA) is 29.5 Å². The summed E-state index contributed by atoms with van der Waals surface area (Å²) in [5.41, 5.74) is -0.00875. The lowest BCUT2D eigenvalue weighted by atomic mass is 9.88. The molecule has 0 aliphatic rings. The van der Waals surface area contributed by atoms with Gasteiger partial charge in [-0.1, -0.05) is 24.3 Å². The summed E-state index contributed by atoms with van der Waals surface area (Å²) < 4.78 is 18.6. The molecule has 2 aromatic carbocycles. The van der Waals surface area contributed by atoms with Gasteiger partial charge in [-0.25, -0.2) is 4.39 Å². The first-order chi connectivity index (χ1) is 9.04. The van der Waals surface area contributed by atoms with Crippen LogP contribution in [0.5, 0.6) is 5.75 Å². The highest BCUT2D eigenvalue weighted by atomic mass is 19.1. The zero-order valence-corrected chi connectivity index (χ0v) is 11.1. The van der Waals surface area contributed by atoms with Crippen LogP contribution in [0.1, 0.15) is 25.0 Å². The monoisotopic (exact) mass is 260 g/mol. The SMILES string of the molecule is CCOc1ccc(C(C)(O)c2cccc(F)c2)cc1. The molecule has 0 radical (unpaired) electrons. The Hall–Kier alpha value is -1.87. The predicted molar refractivity (Wildman–Crippen MR) is 72.7 cm³/mol. The third-order valence-electron chi connectivity index (χ3n) is 3.11. The molecule has 0 aliphatic heterocycles. The van der Waals surface area contributed by atoms with Crippen molar-refractivity contribution >= 4 is 0 Å². The summed E-state index contributed by atoms with van der Waals surface area (Å²) in [5.74, 6) is 0.394. The Morgan fingerprint density at radius 1 is 1.11 bits per heavy atom. The Labute approximate surface area is 112 Å². The molecular weight excluding hydrogens is 243 g/mol. The molecule has 2 nitrogen and oxygen atoms in total. The number of hydrogen-bond donors (Lipinski definition) is 1. The smallest absolute Gasteiger partial charge is 0.123 e. The van der Waals surface area contributed by atoms with E-state index in [4.69, 9.17) is 4.74 Å². The molecule has 0 amide bonds. The van der Waals surface area contributed by atoms with E-state index in [1.165, 1.54) is 12.1 Å². The van der Waals surface area contributed by atoms with E-state index in [9.17, 15) is 9.50 Å². The maximum Gasteiger partial charge on any atom is 0.123 e. The highest BCUT2D eigenvalue weighted by Crippen LogP contribution is 2.30. The predicted octanol–water partition coefficient (Wildman–Crippen LogP) is 3.48. The van der Waals surface area contributed by atoms with Crippen molar-refractivity contribution in [3.63, 3.8) is 0 Å². The standard InChI is InChI=1S/C16H17FO2/c1-3-19-15-9-7-12(8-10-15)16(2,18)13-5-4-6-14(17)11-13/h4-11,18H,3H2,1-2H3. The minimum Gasteiger partial charge on any atom is -0.494 e. The normalized spacial score (nSPS) is 13.9. The number of benzene rings is 2. The third kappa shape index (κ3) is 2.93. The molecule has 0 aromatic heterocycles. The summed E-state index contributed by atoms with van der Waals surface area (Å²) in [6, 6.07) is 13.2. The summed E-state index contributed by atoms with van der Waals surface area (Å²) in [7, 11) is 0. The molecule has 1 atom stereocenters. The van der Waals surface area contributed by atoms with E-state index in [2.05, 4.69) is 0 Å². The Bertz CT molecular complexity index is 547. The van der Waals surface area contributed by atoms with Crippen molar-refractivity contribution in [2.24, 2.45) is 0 Å². The van der Waals surface area contributed by atoms with Gasteiger partial charge in [0.25, 0.3) is 0 Å². The van der Waals surface area contributed by atoms with Crippen LogP contribution in [0.2, 0.25) is 0 Å². The molecular formula is C16H17FO2. The van der Waals surface area contributed by atoms with Crippen LogP contribution in [-0.2, 0) is 5.60 Å². The van der Waals surface area contributed by atoms with Gasteiger partial charge in [-0.05, 0) is 49.2 Å². The maximum atomic E-state index is 13.2. The molecule has 0 saturated carbocycles. The summed E-state index contributed by atoms with van der Waals surface area (Å²) >= 11 is 0. The lowest BCUT2D eigenvalue weighted by Crippen LogP contribution is -2.22. The number of ether oxygens (including phenoxy) is 1. The fourth-order valence-corrected chi connectivity index (χ4v) is 2.00. The van der Waals surface area contributed by atoms with E-state index in [-0.39, 0.29) is 5.82 Å². The van der Waals surface area contributed by atoms with Crippen LogP contribution in [0.4, 0.5) is 4.39 Å². The second kappa shape index (κ2) is 5.41. The summed E-state index contributed by atoms with van der Waals surface area (Å²) in [4.78, 5) is 0. The minimum absolute atomic E-state index is 0.358. The molecule has 0 fully saturated rings. The summed E-state index contributed by atoms with van der Waals surface area (Å²) in [5, 5.41) is 10.6. The van der Waals surface area contributed by atoms with E-state index in [0.29, 0.717) is 17.7 Å². The van der Waals surface area contributed by atoms with E-state index < -0.39 is 5.60 Å². The summed E-state index contributed by atoms with van der Waals surface area (Å²) in [6.45, 7) is 4.16. The Kier molecular flexibility index (Phi) is 3.86. The zero-order valence-electron chi connectivity index (χ0n) is 11.1. The van der Waals surface area contributed by atoms with Crippen LogP contribution in [0.25, 0.3) is 0 Å². The molecule has 3 heteroatoms. The van der Waals surface area contributed by atoms with Crippen molar-refractivity contribution in [2.75, 3.05) is 6.61 Å². The number of halogens is 1. The number of aliphatic hydroxyl groups is 1. The van der Waals surface area contributed by atoms with Crippen molar-refractivity contribution < 1.29 is 14.2 Å². The van der Waals surface area contributed by atoms with Gasteiger partial charge < -0.3 is 9.84 Å². The van der Waals surface area contributed by atoms with E-state index in [1.807, 2.05) is 6.92 Å². The lowest BCUT2D eigenvalue weighted by Gasteiger charge is -2.24. The van der Waals surface area contributed by atoms with Crippen LogP contribution in [0.15, 0.2) is 48.5 Å². The van der Waals surface area contributed by atoms with E-state index in [0.717, 1.165) is 5.75 Å². The molecule has 0 heterocycles. The number of rotatable bonds is 4. The Balaban J connectivity index is 2.33. The molecule has 2 rings (SSSR count). The van der Waals surface area contributed by atoms with Gasteiger partial charge in [-0.15, -0.1) is 0 Å². The van der Waals surface area contributed by atoms with Crippen molar-refractivity contribution in [3.8, 4) is 5.75 Å². The van der Waals surface area contributed by atoms with Gasteiger partial charge >= 0.3 is 0 Å². The molecule has 0 saturated heterocycles. The molecule has 2 aromatic rings. The Morgan fingerprint density at radius 3 is 2.37 bits per heavy atom. The van der Waals surface area contributed by atoms with Crippen LogP contribution in [0.3, 0.4) is 0 Å². The first-order valence-electron chi connectivity index (χ1n) is 6.26. The van der Waals surface area contributed by atoms with Crippen molar-refractivity contribution in [1.29, 1.82) is 0 Å². The quantitative estimate of drug-likeness (QED) is 0.912. The minimum atomic E-state index is -1.23. The van der Waals surface area contributed by atoms with Crippen molar-refractivity contribution in [1.82, 2.24) is 0 Å². The first kappa shape index (κ1) is 13.6. The van der Waals surface area contributed by atoms with Crippen LogP contribution >= 0.6 is 0 Å². The average Bonchev–Trinajstić information content (AvgIpc) is 2.40.